The molecule has 0 aliphatic heterocycles. The van der Waals surface area contributed by atoms with E-state index in [1.165, 1.54) is 88.0 Å². The van der Waals surface area contributed by atoms with Gasteiger partial charge in [-0.25, -0.2) is 0 Å². The number of fused-ring (bicyclic) bond motifs is 1. The number of benzene rings is 6. The van der Waals surface area contributed by atoms with E-state index in [2.05, 4.69) is 126 Å². The van der Waals surface area contributed by atoms with Crippen LogP contribution in [0.3, 0.4) is 0 Å². The van der Waals surface area contributed by atoms with Gasteiger partial charge in [0.2, 0.25) is 0 Å². The largest absolute Gasteiger partial charge is 0.456 e. The third-order valence-corrected chi connectivity index (χ3v) is 8.41. The molecule has 39 heavy (non-hydrogen) atoms. The molecule has 7 rings (SSSR count). The summed E-state index contributed by atoms with van der Waals surface area (Å²) in [4.78, 5) is 0. The summed E-state index contributed by atoms with van der Waals surface area (Å²) in [6.07, 6.45) is 0. The van der Waals surface area contributed by atoms with Gasteiger partial charge in [0.25, 0.3) is 0 Å². The van der Waals surface area contributed by atoms with Gasteiger partial charge in [-0.05, 0) is 120 Å². The molecule has 0 aliphatic carbocycles. The lowest BCUT2D eigenvalue weighted by molar-refractivity contribution is 0.664. The van der Waals surface area contributed by atoms with E-state index in [0.29, 0.717) is 0 Å². The van der Waals surface area contributed by atoms with Crippen LogP contribution in [0.15, 0.2) is 89.3 Å². The third kappa shape index (κ3) is 3.53. The van der Waals surface area contributed by atoms with Crippen molar-refractivity contribution in [3.63, 3.8) is 0 Å². The Morgan fingerprint density at radius 3 is 1.15 bits per heavy atom. The average molecular weight is 505 g/mol. The van der Waals surface area contributed by atoms with E-state index in [0.717, 1.165) is 11.2 Å². The van der Waals surface area contributed by atoms with E-state index in [1.54, 1.807) is 0 Å². The summed E-state index contributed by atoms with van der Waals surface area (Å²) in [6.45, 7) is 13.2. The van der Waals surface area contributed by atoms with Crippen LogP contribution in [0.5, 0.6) is 0 Å². The van der Waals surface area contributed by atoms with Crippen molar-refractivity contribution in [3.8, 4) is 22.3 Å². The number of aryl methyl sites for hydroxylation is 6. The minimum atomic E-state index is 0.916. The average Bonchev–Trinajstić information content (AvgIpc) is 3.02. The summed E-state index contributed by atoms with van der Waals surface area (Å²) < 4.78 is 6.79. The fourth-order valence-electron chi connectivity index (χ4n) is 7.13. The van der Waals surface area contributed by atoms with Gasteiger partial charge in [0.15, 0.2) is 0 Å². The number of hydrogen-bond donors (Lipinski definition) is 0. The topological polar surface area (TPSA) is 13.1 Å². The zero-order valence-corrected chi connectivity index (χ0v) is 23.5. The van der Waals surface area contributed by atoms with Gasteiger partial charge in [0.1, 0.15) is 11.2 Å². The van der Waals surface area contributed by atoms with E-state index >= 15 is 0 Å². The maximum Gasteiger partial charge on any atom is 0.135 e. The fourth-order valence-corrected chi connectivity index (χ4v) is 7.13. The minimum absolute atomic E-state index is 0.916. The van der Waals surface area contributed by atoms with E-state index in [9.17, 15) is 0 Å². The van der Waals surface area contributed by atoms with Gasteiger partial charge in [-0.1, -0.05) is 83.9 Å². The van der Waals surface area contributed by atoms with E-state index in [4.69, 9.17) is 4.42 Å². The van der Waals surface area contributed by atoms with Crippen LogP contribution in [0.2, 0.25) is 0 Å². The molecule has 0 atom stereocenters. The summed E-state index contributed by atoms with van der Waals surface area (Å²) in [5.74, 6) is 0. The summed E-state index contributed by atoms with van der Waals surface area (Å²) >= 11 is 0. The first-order chi connectivity index (χ1) is 18.8. The van der Waals surface area contributed by atoms with Crippen molar-refractivity contribution in [1.29, 1.82) is 0 Å². The molecular weight excluding hydrogens is 472 g/mol. The van der Waals surface area contributed by atoms with Gasteiger partial charge in [-0.2, -0.15) is 0 Å². The Morgan fingerprint density at radius 2 is 0.769 bits per heavy atom. The molecule has 1 heterocycles. The Morgan fingerprint density at radius 1 is 0.410 bits per heavy atom. The van der Waals surface area contributed by atoms with Gasteiger partial charge in [-0.15, -0.1) is 0 Å². The van der Waals surface area contributed by atoms with Crippen LogP contribution in [0, 0.1) is 41.5 Å². The smallest absolute Gasteiger partial charge is 0.135 e. The molecule has 6 aromatic carbocycles. The van der Waals surface area contributed by atoms with E-state index in [-0.39, 0.29) is 0 Å². The van der Waals surface area contributed by atoms with Crippen molar-refractivity contribution in [2.75, 3.05) is 0 Å². The first-order valence-corrected chi connectivity index (χ1v) is 13.8. The highest BCUT2D eigenvalue weighted by molar-refractivity contribution is 6.26. The van der Waals surface area contributed by atoms with Gasteiger partial charge in [-0.3, -0.25) is 0 Å². The second kappa shape index (κ2) is 8.58. The summed E-state index contributed by atoms with van der Waals surface area (Å²) in [7, 11) is 0. The molecule has 1 heteroatoms. The zero-order chi connectivity index (χ0) is 27.0. The molecule has 1 nitrogen and oxygen atoms in total. The highest BCUT2D eigenvalue weighted by Crippen LogP contribution is 2.43. The van der Waals surface area contributed by atoms with Crippen molar-refractivity contribution in [2.45, 2.75) is 41.5 Å². The first kappa shape index (κ1) is 23.7. The molecule has 0 bridgehead atoms. The van der Waals surface area contributed by atoms with Crippen LogP contribution in [0.1, 0.15) is 33.4 Å². The highest BCUT2D eigenvalue weighted by atomic mass is 16.3. The molecule has 0 N–H and O–H groups in total. The van der Waals surface area contributed by atoms with Crippen LogP contribution in [0.25, 0.3) is 65.7 Å². The molecular formula is C38H32O. The van der Waals surface area contributed by atoms with Crippen molar-refractivity contribution in [2.24, 2.45) is 0 Å². The third-order valence-electron chi connectivity index (χ3n) is 8.41. The highest BCUT2D eigenvalue weighted by Gasteiger charge is 2.18. The Balaban J connectivity index is 1.63. The molecule has 7 aromatic rings. The van der Waals surface area contributed by atoms with Crippen molar-refractivity contribution >= 4 is 43.5 Å². The Kier molecular flexibility index (Phi) is 5.22. The second-order valence-electron chi connectivity index (χ2n) is 11.3. The molecule has 0 spiro atoms. The molecule has 0 amide bonds. The van der Waals surface area contributed by atoms with Crippen LogP contribution in [-0.2, 0) is 0 Å². The van der Waals surface area contributed by atoms with Gasteiger partial charge >= 0.3 is 0 Å². The van der Waals surface area contributed by atoms with Gasteiger partial charge in [0.05, 0.1) is 0 Å². The maximum absolute atomic E-state index is 6.79. The monoisotopic (exact) mass is 504 g/mol. The standard InChI is InChI=1S/C38H32O/c1-21-17-23(3)35(24(4)18-21)31-13-15-33-37-27(9-7-11-29(31)37)28-10-8-12-30-32(14-16-34(39-33)38(28)30)36-25(5)19-22(2)20-26(36)6/h7-20H,1-6H3. The summed E-state index contributed by atoms with van der Waals surface area (Å²) in [6, 6.07) is 31.4. The molecule has 0 fully saturated rings. The van der Waals surface area contributed by atoms with Gasteiger partial charge in [0, 0.05) is 10.8 Å². The fraction of sp³-hybridized carbons (Fsp3) is 0.158. The quantitative estimate of drug-likeness (QED) is 0.228. The van der Waals surface area contributed by atoms with Crippen molar-refractivity contribution < 1.29 is 4.42 Å². The SMILES string of the molecule is Cc1cc(C)c(-c2ccc3oc4ccc(-c5c(C)cc(C)cc5C)c5cccc(c6cccc2c36)c45)c(C)c1. The lowest BCUT2D eigenvalue weighted by Gasteiger charge is -2.15. The second-order valence-corrected chi connectivity index (χ2v) is 11.3. The molecule has 190 valence electrons. The molecule has 0 saturated heterocycles. The summed E-state index contributed by atoms with van der Waals surface area (Å²) in [5, 5.41) is 7.28. The predicted octanol–water partition coefficient (Wildman–Crippen LogP) is 11.1. The number of hydrogen-bond acceptors (Lipinski definition) is 1. The lowest BCUT2D eigenvalue weighted by Crippen LogP contribution is -1.92. The molecule has 1 aromatic heterocycles. The summed E-state index contributed by atoms with van der Waals surface area (Å²) in [5.41, 5.74) is 14.8. The van der Waals surface area contributed by atoms with Gasteiger partial charge < -0.3 is 4.42 Å². The Bertz CT molecular complexity index is 1920. The molecule has 0 saturated carbocycles. The molecule has 0 aliphatic rings. The first-order valence-electron chi connectivity index (χ1n) is 13.8. The van der Waals surface area contributed by atoms with E-state index < -0.39 is 0 Å². The Hall–Kier alpha value is -4.36. The molecule has 0 unspecified atom stereocenters. The lowest BCUT2D eigenvalue weighted by atomic mass is 9.88. The number of rotatable bonds is 2. The van der Waals surface area contributed by atoms with Crippen LogP contribution >= 0.6 is 0 Å². The van der Waals surface area contributed by atoms with Crippen molar-refractivity contribution in [1.82, 2.24) is 0 Å². The normalized spacial score (nSPS) is 11.8. The van der Waals surface area contributed by atoms with Crippen molar-refractivity contribution in [3.05, 3.63) is 118 Å². The maximum atomic E-state index is 6.79. The Labute approximate surface area is 229 Å². The van der Waals surface area contributed by atoms with Crippen LogP contribution in [-0.4, -0.2) is 0 Å². The predicted molar refractivity (Wildman–Crippen MR) is 168 cm³/mol. The molecule has 0 radical (unpaired) electrons. The van der Waals surface area contributed by atoms with Crippen LogP contribution < -0.4 is 0 Å². The van der Waals surface area contributed by atoms with Crippen LogP contribution in [0.4, 0.5) is 0 Å². The minimum Gasteiger partial charge on any atom is -0.456 e. The zero-order valence-electron chi connectivity index (χ0n) is 23.5. The van der Waals surface area contributed by atoms with E-state index in [1.807, 2.05) is 0 Å².